The minimum absolute atomic E-state index is 0.211. The van der Waals surface area contributed by atoms with Crippen LogP contribution in [0.5, 0.6) is 11.5 Å². The molecule has 112 valence electrons. The van der Waals surface area contributed by atoms with Crippen LogP contribution in [0.2, 0.25) is 0 Å². The number of hydrogen-bond donors (Lipinski definition) is 1. The van der Waals surface area contributed by atoms with E-state index in [0.29, 0.717) is 0 Å². The van der Waals surface area contributed by atoms with Crippen LogP contribution in [0.3, 0.4) is 0 Å². The number of H-pyrrole nitrogens is 1. The van der Waals surface area contributed by atoms with Crippen LogP contribution in [0, 0.1) is 0 Å². The molecule has 0 spiro atoms. The van der Waals surface area contributed by atoms with Gasteiger partial charge in [-0.15, -0.1) is 0 Å². The first-order chi connectivity index (χ1) is 10.3. The Morgan fingerprint density at radius 1 is 1.43 bits per heavy atom. The number of aromatic amines is 1. The summed E-state index contributed by atoms with van der Waals surface area (Å²) in [5.41, 5.74) is 2.29. The van der Waals surface area contributed by atoms with Gasteiger partial charge in [-0.2, -0.15) is 5.10 Å². The van der Waals surface area contributed by atoms with Crippen LogP contribution in [-0.2, 0) is 13.1 Å². The molecule has 0 radical (unpaired) electrons. The van der Waals surface area contributed by atoms with Crippen LogP contribution in [0.25, 0.3) is 0 Å². The normalized spacial score (nSPS) is 18.7. The van der Waals surface area contributed by atoms with Crippen molar-refractivity contribution in [3.63, 3.8) is 0 Å². The topological polar surface area (TPSA) is 50.4 Å². The predicted octanol–water partition coefficient (Wildman–Crippen LogP) is 2.59. The molecule has 1 aliphatic rings. The molecule has 0 saturated carbocycles. The molecule has 1 unspecified atom stereocenters. The van der Waals surface area contributed by atoms with E-state index in [0.717, 1.165) is 43.2 Å². The number of nitrogens with zero attached hydrogens (tertiary/aromatic N) is 2. The summed E-state index contributed by atoms with van der Waals surface area (Å²) in [6.45, 7) is 4.76. The molecule has 0 saturated heterocycles. The Morgan fingerprint density at radius 3 is 3.05 bits per heavy atom. The van der Waals surface area contributed by atoms with Gasteiger partial charge in [0.15, 0.2) is 0 Å². The molecule has 0 amide bonds. The monoisotopic (exact) mass is 287 g/mol. The zero-order valence-electron chi connectivity index (χ0n) is 12.5. The largest absolute Gasteiger partial charge is 0.497 e. The van der Waals surface area contributed by atoms with Crippen molar-refractivity contribution < 1.29 is 9.47 Å². The van der Waals surface area contributed by atoms with Gasteiger partial charge >= 0.3 is 0 Å². The van der Waals surface area contributed by atoms with E-state index < -0.39 is 0 Å². The van der Waals surface area contributed by atoms with Crippen molar-refractivity contribution in [3.05, 3.63) is 41.7 Å². The van der Waals surface area contributed by atoms with Crippen molar-refractivity contribution in [1.29, 1.82) is 0 Å². The first kappa shape index (κ1) is 13.9. The van der Waals surface area contributed by atoms with Crippen LogP contribution in [0.1, 0.15) is 24.6 Å². The van der Waals surface area contributed by atoms with Gasteiger partial charge in [-0.1, -0.05) is 6.92 Å². The third-order valence-electron chi connectivity index (χ3n) is 3.82. The van der Waals surface area contributed by atoms with Gasteiger partial charge in [-0.3, -0.25) is 10.00 Å². The number of aromatic nitrogens is 2. The summed E-state index contributed by atoms with van der Waals surface area (Å²) in [7, 11) is 1.69. The molecule has 5 nitrogen and oxygen atoms in total. The van der Waals surface area contributed by atoms with Gasteiger partial charge in [0.1, 0.15) is 17.6 Å². The van der Waals surface area contributed by atoms with Crippen molar-refractivity contribution in [1.82, 2.24) is 15.1 Å². The third-order valence-corrected chi connectivity index (χ3v) is 3.82. The quantitative estimate of drug-likeness (QED) is 0.939. The molecule has 2 aromatic rings. The maximum absolute atomic E-state index is 6.13. The van der Waals surface area contributed by atoms with Gasteiger partial charge in [0.2, 0.25) is 0 Å². The van der Waals surface area contributed by atoms with Crippen molar-refractivity contribution in [3.8, 4) is 11.5 Å². The van der Waals surface area contributed by atoms with Crippen molar-refractivity contribution in [2.75, 3.05) is 13.7 Å². The minimum atomic E-state index is 0.211. The highest BCUT2D eigenvalue weighted by Crippen LogP contribution is 2.30. The first-order valence-corrected chi connectivity index (χ1v) is 7.32. The highest BCUT2D eigenvalue weighted by Gasteiger charge is 2.22. The molecule has 3 rings (SSSR count). The van der Waals surface area contributed by atoms with Gasteiger partial charge in [0.05, 0.1) is 7.11 Å². The molecule has 0 aliphatic carbocycles. The average molecular weight is 287 g/mol. The Labute approximate surface area is 124 Å². The zero-order valence-corrected chi connectivity index (χ0v) is 12.5. The molecule has 1 aromatic heterocycles. The second-order valence-electron chi connectivity index (χ2n) is 5.37. The van der Waals surface area contributed by atoms with E-state index in [9.17, 15) is 0 Å². The smallest absolute Gasteiger partial charge is 0.124 e. The number of nitrogens with one attached hydrogen (secondary N) is 1. The number of ether oxygens (including phenoxy) is 2. The summed E-state index contributed by atoms with van der Waals surface area (Å²) in [4.78, 5) is 2.38. The SMILES string of the molecule is CCC1CN(Cc2ccn[nH]2)Cc2cc(OC)ccc2O1. The van der Waals surface area contributed by atoms with Gasteiger partial charge in [0, 0.05) is 37.1 Å². The molecular weight excluding hydrogens is 266 g/mol. The lowest BCUT2D eigenvalue weighted by atomic mass is 10.1. The fourth-order valence-electron chi connectivity index (χ4n) is 2.68. The summed E-state index contributed by atoms with van der Waals surface area (Å²) in [6, 6.07) is 8.04. The maximum Gasteiger partial charge on any atom is 0.124 e. The molecular formula is C16H21N3O2. The lowest BCUT2D eigenvalue weighted by Crippen LogP contribution is -2.32. The molecule has 2 heterocycles. The fraction of sp³-hybridized carbons (Fsp3) is 0.438. The lowest BCUT2D eigenvalue weighted by Gasteiger charge is -2.22. The number of benzene rings is 1. The number of hydrogen-bond acceptors (Lipinski definition) is 4. The lowest BCUT2D eigenvalue weighted by molar-refractivity contribution is 0.138. The summed E-state index contributed by atoms with van der Waals surface area (Å²) >= 11 is 0. The summed E-state index contributed by atoms with van der Waals surface area (Å²) < 4.78 is 11.5. The molecule has 1 aromatic carbocycles. The summed E-state index contributed by atoms with van der Waals surface area (Å²) in [5, 5.41) is 7.05. The summed E-state index contributed by atoms with van der Waals surface area (Å²) in [6.07, 6.45) is 2.99. The standard InChI is InChI=1S/C16H21N3O2/c1-3-14-11-19(10-13-6-7-17-18-13)9-12-8-15(20-2)4-5-16(12)21-14/h4-8,14H,3,9-11H2,1-2H3,(H,17,18). The van der Waals surface area contributed by atoms with Crippen LogP contribution in [0.4, 0.5) is 0 Å². The Hall–Kier alpha value is -2.01. The zero-order chi connectivity index (χ0) is 14.7. The molecule has 21 heavy (non-hydrogen) atoms. The van der Waals surface area contributed by atoms with Crippen LogP contribution < -0.4 is 9.47 Å². The Morgan fingerprint density at radius 2 is 2.33 bits per heavy atom. The Balaban J connectivity index is 1.85. The first-order valence-electron chi connectivity index (χ1n) is 7.32. The van der Waals surface area contributed by atoms with Crippen LogP contribution >= 0.6 is 0 Å². The summed E-state index contributed by atoms with van der Waals surface area (Å²) in [5.74, 6) is 1.84. The molecule has 1 N–H and O–H groups in total. The van der Waals surface area contributed by atoms with E-state index >= 15 is 0 Å². The molecule has 0 fully saturated rings. The highest BCUT2D eigenvalue weighted by molar-refractivity contribution is 5.41. The average Bonchev–Trinajstić information content (AvgIpc) is 2.93. The van der Waals surface area contributed by atoms with E-state index in [2.05, 4.69) is 28.1 Å². The van der Waals surface area contributed by atoms with E-state index in [1.165, 1.54) is 5.56 Å². The van der Waals surface area contributed by atoms with Crippen molar-refractivity contribution in [2.24, 2.45) is 0 Å². The van der Waals surface area contributed by atoms with E-state index in [1.54, 1.807) is 13.3 Å². The highest BCUT2D eigenvalue weighted by atomic mass is 16.5. The van der Waals surface area contributed by atoms with Crippen molar-refractivity contribution >= 4 is 0 Å². The van der Waals surface area contributed by atoms with Gasteiger partial charge < -0.3 is 9.47 Å². The fourth-order valence-corrected chi connectivity index (χ4v) is 2.68. The van der Waals surface area contributed by atoms with Gasteiger partial charge in [-0.25, -0.2) is 0 Å². The Kier molecular flexibility index (Phi) is 4.10. The maximum atomic E-state index is 6.13. The number of methoxy groups -OCH3 is 1. The second-order valence-corrected chi connectivity index (χ2v) is 5.37. The van der Waals surface area contributed by atoms with E-state index in [-0.39, 0.29) is 6.10 Å². The van der Waals surface area contributed by atoms with Gasteiger partial charge in [-0.05, 0) is 30.7 Å². The van der Waals surface area contributed by atoms with Crippen molar-refractivity contribution in [2.45, 2.75) is 32.5 Å². The van der Waals surface area contributed by atoms with Crippen LogP contribution in [-0.4, -0.2) is 34.9 Å². The molecule has 1 atom stereocenters. The number of fused-ring (bicyclic) bond motifs is 1. The second kappa shape index (κ2) is 6.18. The van der Waals surface area contributed by atoms with Gasteiger partial charge in [0.25, 0.3) is 0 Å². The predicted molar refractivity (Wildman–Crippen MR) is 80.4 cm³/mol. The molecule has 1 aliphatic heterocycles. The molecule has 0 bridgehead atoms. The Bertz CT molecular complexity index is 583. The van der Waals surface area contributed by atoms with Crippen LogP contribution in [0.15, 0.2) is 30.5 Å². The molecule has 5 heteroatoms. The van der Waals surface area contributed by atoms with E-state index in [1.807, 2.05) is 18.2 Å². The minimum Gasteiger partial charge on any atom is -0.497 e. The number of rotatable bonds is 4. The van der Waals surface area contributed by atoms with E-state index in [4.69, 9.17) is 9.47 Å². The third kappa shape index (κ3) is 3.19.